The predicted molar refractivity (Wildman–Crippen MR) is 120 cm³/mol. The van der Waals surface area contributed by atoms with Crippen molar-refractivity contribution in [1.82, 2.24) is 10.2 Å². The average molecular weight is 458 g/mol. The molecule has 178 valence electrons. The summed E-state index contributed by atoms with van der Waals surface area (Å²) in [6.07, 6.45) is 2.27. The minimum Gasteiger partial charge on any atom is -0.388 e. The second-order valence-electron chi connectivity index (χ2n) is 9.16. The summed E-state index contributed by atoms with van der Waals surface area (Å²) in [5.74, 6) is 0.145. The highest BCUT2D eigenvalue weighted by Crippen LogP contribution is 2.31. The van der Waals surface area contributed by atoms with Gasteiger partial charge < -0.3 is 25.4 Å². The van der Waals surface area contributed by atoms with E-state index in [0.29, 0.717) is 12.3 Å². The van der Waals surface area contributed by atoms with Crippen molar-refractivity contribution >= 4 is 17.7 Å². The van der Waals surface area contributed by atoms with Gasteiger partial charge in [0.25, 0.3) is 0 Å². The maximum atomic E-state index is 13.3. The Morgan fingerprint density at radius 2 is 1.97 bits per heavy atom. The maximum absolute atomic E-state index is 13.3. The molecule has 2 rings (SSSR count). The molecule has 2 aliphatic rings. The molecular formula is C22H39N3O5S. The van der Waals surface area contributed by atoms with Gasteiger partial charge in [-0.1, -0.05) is 40.0 Å². The van der Waals surface area contributed by atoms with Gasteiger partial charge in [-0.2, -0.15) is 5.26 Å². The van der Waals surface area contributed by atoms with E-state index in [0.717, 1.165) is 25.8 Å². The molecule has 2 fully saturated rings. The molecule has 0 aromatic heterocycles. The lowest BCUT2D eigenvalue weighted by Crippen LogP contribution is -2.64. The van der Waals surface area contributed by atoms with Crippen molar-refractivity contribution in [2.75, 3.05) is 19.3 Å². The number of amides is 1. The minimum atomic E-state index is -1.35. The fraction of sp³-hybridized carbons (Fsp3) is 0.909. The molecule has 1 unspecified atom stereocenters. The molecule has 2 aliphatic heterocycles. The SMILES string of the molecule is CCCCC[C@@H]1C[C@@H](C(=O)N[C@H](C(C)C)C2O[C@H](SC)[C@H](O)[C@@H](O)[C@H]2O)N(CC#N)C1. The Morgan fingerprint density at radius 3 is 2.55 bits per heavy atom. The van der Waals surface area contributed by atoms with Gasteiger partial charge in [0, 0.05) is 6.54 Å². The molecule has 0 aromatic rings. The Morgan fingerprint density at radius 1 is 1.26 bits per heavy atom. The van der Waals surface area contributed by atoms with Gasteiger partial charge in [-0.3, -0.25) is 9.69 Å². The summed E-state index contributed by atoms with van der Waals surface area (Å²) >= 11 is 1.25. The van der Waals surface area contributed by atoms with Crippen molar-refractivity contribution in [3.8, 4) is 6.07 Å². The zero-order chi connectivity index (χ0) is 23.1. The summed E-state index contributed by atoms with van der Waals surface area (Å²) < 4.78 is 5.90. The van der Waals surface area contributed by atoms with E-state index in [1.54, 1.807) is 6.26 Å². The highest BCUT2D eigenvalue weighted by molar-refractivity contribution is 7.99. The molecule has 2 heterocycles. The fourth-order valence-electron chi connectivity index (χ4n) is 4.68. The number of thioether (sulfide) groups is 1. The zero-order valence-electron chi connectivity index (χ0n) is 19.1. The summed E-state index contributed by atoms with van der Waals surface area (Å²) in [6.45, 7) is 6.95. The number of nitrogens with one attached hydrogen (secondary N) is 1. The Kier molecular flexibility index (Phi) is 10.5. The first-order valence-corrected chi connectivity index (χ1v) is 12.7. The molecule has 0 saturated carbocycles. The van der Waals surface area contributed by atoms with E-state index in [1.807, 2.05) is 18.7 Å². The Balaban J connectivity index is 2.11. The largest absolute Gasteiger partial charge is 0.388 e. The van der Waals surface area contributed by atoms with E-state index >= 15 is 0 Å². The molecule has 0 radical (unpaired) electrons. The average Bonchev–Trinajstić information content (AvgIpc) is 3.14. The van der Waals surface area contributed by atoms with Crippen molar-refractivity contribution in [2.45, 2.75) is 94.8 Å². The van der Waals surface area contributed by atoms with Gasteiger partial charge in [0.1, 0.15) is 29.9 Å². The third kappa shape index (κ3) is 6.56. The number of likely N-dealkylation sites (tertiary alicyclic amines) is 1. The normalized spacial score (nSPS) is 35.1. The van der Waals surface area contributed by atoms with Crippen LogP contribution in [0.3, 0.4) is 0 Å². The quantitative estimate of drug-likeness (QED) is 0.284. The van der Waals surface area contributed by atoms with Gasteiger partial charge in [0.2, 0.25) is 5.91 Å². The zero-order valence-corrected chi connectivity index (χ0v) is 19.9. The standard InChI is InChI=1S/C22H39N3O5S/c1-5-6-7-8-14-11-15(25(12-14)10-9-23)21(29)24-16(13(2)3)20-18(27)17(26)19(28)22(30-20)31-4/h13-20,22,26-28H,5-8,10-12H2,1-4H3,(H,24,29)/t14-,15+,16-,17+,18-,19-,20?,22-/m1/s1. The molecule has 1 amide bonds. The minimum absolute atomic E-state index is 0.0697. The van der Waals surface area contributed by atoms with Crippen LogP contribution in [-0.2, 0) is 9.53 Å². The van der Waals surface area contributed by atoms with Crippen molar-refractivity contribution in [3.63, 3.8) is 0 Å². The monoisotopic (exact) mass is 457 g/mol. The Labute approximate surface area is 190 Å². The Bertz CT molecular complexity index is 614. The fourth-order valence-corrected chi connectivity index (χ4v) is 5.36. The van der Waals surface area contributed by atoms with E-state index < -0.39 is 35.9 Å². The van der Waals surface area contributed by atoms with Crippen LogP contribution in [0.1, 0.15) is 52.9 Å². The first-order valence-electron chi connectivity index (χ1n) is 11.4. The number of carbonyl (C=O) groups excluding carboxylic acids is 1. The van der Waals surface area contributed by atoms with Crippen LogP contribution in [-0.4, -0.2) is 87.4 Å². The molecule has 2 saturated heterocycles. The van der Waals surface area contributed by atoms with E-state index in [1.165, 1.54) is 18.2 Å². The number of nitriles is 1. The molecule has 0 spiro atoms. The topological polar surface area (TPSA) is 126 Å². The van der Waals surface area contributed by atoms with Gasteiger partial charge >= 0.3 is 0 Å². The van der Waals surface area contributed by atoms with Crippen molar-refractivity contribution in [1.29, 1.82) is 5.26 Å². The highest BCUT2D eigenvalue weighted by Gasteiger charge is 2.48. The molecule has 31 heavy (non-hydrogen) atoms. The Hall–Kier alpha value is -0.890. The molecule has 0 bridgehead atoms. The first kappa shape index (κ1) is 26.4. The second kappa shape index (κ2) is 12.4. The number of hydrogen-bond acceptors (Lipinski definition) is 8. The van der Waals surface area contributed by atoms with E-state index in [2.05, 4.69) is 18.3 Å². The third-order valence-corrected chi connectivity index (χ3v) is 7.36. The van der Waals surface area contributed by atoms with Crippen LogP contribution in [0.4, 0.5) is 0 Å². The number of unbranched alkanes of at least 4 members (excludes halogenated alkanes) is 2. The van der Waals surface area contributed by atoms with Crippen molar-refractivity contribution in [3.05, 3.63) is 0 Å². The number of carbonyl (C=O) groups is 1. The van der Waals surface area contributed by atoms with Crippen LogP contribution in [0.2, 0.25) is 0 Å². The lowest BCUT2D eigenvalue weighted by atomic mass is 9.88. The van der Waals surface area contributed by atoms with Crippen LogP contribution in [0.25, 0.3) is 0 Å². The van der Waals surface area contributed by atoms with Crippen LogP contribution >= 0.6 is 11.8 Å². The molecular weight excluding hydrogens is 418 g/mol. The molecule has 8 nitrogen and oxygen atoms in total. The summed E-state index contributed by atoms with van der Waals surface area (Å²) in [7, 11) is 0. The van der Waals surface area contributed by atoms with E-state index in [4.69, 9.17) is 4.74 Å². The number of hydrogen-bond donors (Lipinski definition) is 4. The van der Waals surface area contributed by atoms with Crippen molar-refractivity contribution in [2.24, 2.45) is 11.8 Å². The number of aliphatic hydroxyl groups is 3. The first-order chi connectivity index (χ1) is 14.7. The molecule has 8 atom stereocenters. The number of aliphatic hydroxyl groups excluding tert-OH is 3. The van der Waals surface area contributed by atoms with Gasteiger partial charge in [-0.15, -0.1) is 11.8 Å². The summed E-state index contributed by atoms with van der Waals surface area (Å²) in [6, 6.07) is 1.24. The smallest absolute Gasteiger partial charge is 0.237 e. The maximum Gasteiger partial charge on any atom is 0.237 e. The lowest BCUT2D eigenvalue weighted by molar-refractivity contribution is -0.208. The third-order valence-electron chi connectivity index (χ3n) is 6.50. The van der Waals surface area contributed by atoms with Gasteiger partial charge in [-0.05, 0) is 30.9 Å². The van der Waals surface area contributed by atoms with Gasteiger partial charge in [-0.25, -0.2) is 0 Å². The van der Waals surface area contributed by atoms with Gasteiger partial charge in [0.15, 0.2) is 0 Å². The molecule has 9 heteroatoms. The number of nitrogens with zero attached hydrogens (tertiary/aromatic N) is 2. The van der Waals surface area contributed by atoms with Crippen LogP contribution < -0.4 is 5.32 Å². The van der Waals surface area contributed by atoms with Gasteiger partial charge in [0.05, 0.1) is 24.7 Å². The van der Waals surface area contributed by atoms with E-state index in [-0.39, 0.29) is 24.4 Å². The number of rotatable bonds is 10. The highest BCUT2D eigenvalue weighted by atomic mass is 32.2. The molecule has 4 N–H and O–H groups in total. The van der Waals surface area contributed by atoms with Crippen LogP contribution in [0.15, 0.2) is 0 Å². The predicted octanol–water partition coefficient (Wildman–Crippen LogP) is 1.09. The van der Waals surface area contributed by atoms with Crippen LogP contribution in [0, 0.1) is 23.2 Å². The molecule has 0 aromatic carbocycles. The molecule has 0 aliphatic carbocycles. The number of ether oxygens (including phenoxy) is 1. The lowest BCUT2D eigenvalue weighted by Gasteiger charge is -2.44. The van der Waals surface area contributed by atoms with E-state index in [9.17, 15) is 25.4 Å². The van der Waals surface area contributed by atoms with Crippen molar-refractivity contribution < 1.29 is 24.9 Å². The second-order valence-corrected chi connectivity index (χ2v) is 10.1. The van der Waals surface area contributed by atoms with Crippen LogP contribution in [0.5, 0.6) is 0 Å². The summed E-state index contributed by atoms with van der Waals surface area (Å²) in [5, 5.41) is 43.2. The summed E-state index contributed by atoms with van der Waals surface area (Å²) in [4.78, 5) is 15.2. The summed E-state index contributed by atoms with van der Waals surface area (Å²) in [5.41, 5.74) is -0.689.